The average molecular weight is 314 g/mol. The molecule has 0 aliphatic heterocycles. The average Bonchev–Trinajstić information content (AvgIpc) is 2.43. The Kier molecular flexibility index (Phi) is 5.45. The molecule has 21 heavy (non-hydrogen) atoms. The number of hydrogen-bond acceptors (Lipinski definition) is 5. The lowest BCUT2D eigenvalue weighted by molar-refractivity contribution is -0.386. The molecule has 7 nitrogen and oxygen atoms in total. The van der Waals surface area contributed by atoms with E-state index in [2.05, 4.69) is 6.58 Å². The Balaban J connectivity index is 3.34. The van der Waals surface area contributed by atoms with E-state index in [1.54, 1.807) is 13.8 Å². The predicted molar refractivity (Wildman–Crippen MR) is 78.9 cm³/mol. The van der Waals surface area contributed by atoms with Crippen molar-refractivity contribution in [3.05, 3.63) is 40.5 Å². The zero-order valence-corrected chi connectivity index (χ0v) is 13.0. The normalized spacial score (nSPS) is 11.4. The number of ether oxygens (including phenoxy) is 1. The molecule has 0 saturated carbocycles. The number of nitro groups is 1. The highest BCUT2D eigenvalue weighted by atomic mass is 32.2. The van der Waals surface area contributed by atoms with Gasteiger partial charge in [0.1, 0.15) is 0 Å². The third-order valence-corrected chi connectivity index (χ3v) is 4.70. The molecule has 0 bridgehead atoms. The molecule has 0 fully saturated rings. The van der Waals surface area contributed by atoms with Crippen molar-refractivity contribution >= 4 is 15.7 Å². The van der Waals surface area contributed by atoms with Gasteiger partial charge in [-0.15, -0.1) is 0 Å². The van der Waals surface area contributed by atoms with Gasteiger partial charge < -0.3 is 4.74 Å². The van der Waals surface area contributed by atoms with E-state index in [9.17, 15) is 18.5 Å². The zero-order valence-electron chi connectivity index (χ0n) is 12.2. The van der Waals surface area contributed by atoms with E-state index in [1.807, 2.05) is 0 Å². The van der Waals surface area contributed by atoms with Crippen LogP contribution in [0, 0.1) is 10.1 Å². The first-order chi connectivity index (χ1) is 9.73. The van der Waals surface area contributed by atoms with E-state index in [0.29, 0.717) is 5.57 Å². The van der Waals surface area contributed by atoms with Gasteiger partial charge in [0.15, 0.2) is 5.75 Å². The Morgan fingerprint density at radius 3 is 2.52 bits per heavy atom. The summed E-state index contributed by atoms with van der Waals surface area (Å²) >= 11 is 0. The third kappa shape index (κ3) is 3.79. The molecule has 0 unspecified atom stereocenters. The smallest absolute Gasteiger partial charge is 0.312 e. The SMILES string of the molecule is C=C(C)CN(CC)S(=O)(=O)c1ccc(OC)c([N+](=O)[O-])c1. The van der Waals surface area contributed by atoms with Gasteiger partial charge in [-0.25, -0.2) is 8.42 Å². The highest BCUT2D eigenvalue weighted by Gasteiger charge is 2.26. The molecular formula is C13H18N2O5S. The Labute approximate surface area is 124 Å². The number of sulfonamides is 1. The van der Waals surface area contributed by atoms with Crippen LogP contribution in [-0.4, -0.2) is 37.8 Å². The second-order valence-corrected chi connectivity index (χ2v) is 6.42. The molecule has 0 amide bonds. The predicted octanol–water partition coefficient (Wildman–Crippen LogP) is 2.19. The molecular weight excluding hydrogens is 296 g/mol. The Hall–Kier alpha value is -1.93. The van der Waals surface area contributed by atoms with Crippen LogP contribution >= 0.6 is 0 Å². The van der Waals surface area contributed by atoms with Gasteiger partial charge in [0.25, 0.3) is 0 Å². The van der Waals surface area contributed by atoms with Gasteiger partial charge in [0.05, 0.1) is 16.9 Å². The third-order valence-electron chi connectivity index (χ3n) is 2.78. The summed E-state index contributed by atoms with van der Waals surface area (Å²) in [6.45, 7) is 7.51. The quantitative estimate of drug-likeness (QED) is 0.437. The number of methoxy groups -OCH3 is 1. The van der Waals surface area contributed by atoms with E-state index >= 15 is 0 Å². The van der Waals surface area contributed by atoms with Gasteiger partial charge in [0, 0.05) is 19.2 Å². The summed E-state index contributed by atoms with van der Waals surface area (Å²) in [5, 5.41) is 11.0. The lowest BCUT2D eigenvalue weighted by atomic mass is 10.3. The Morgan fingerprint density at radius 2 is 2.10 bits per heavy atom. The van der Waals surface area contributed by atoms with Crippen LogP contribution < -0.4 is 4.74 Å². The van der Waals surface area contributed by atoms with E-state index in [-0.39, 0.29) is 29.4 Å². The van der Waals surface area contributed by atoms with Gasteiger partial charge in [-0.1, -0.05) is 19.1 Å². The molecule has 0 atom stereocenters. The van der Waals surface area contributed by atoms with Crippen molar-refractivity contribution < 1.29 is 18.1 Å². The molecule has 0 spiro atoms. The standard InChI is InChI=1S/C13H18N2O5S/c1-5-14(9-10(2)3)21(18,19)11-6-7-13(20-4)12(8-11)15(16)17/h6-8H,2,5,9H2,1,3-4H3. The van der Waals surface area contributed by atoms with Crippen molar-refractivity contribution in [3.8, 4) is 5.75 Å². The largest absolute Gasteiger partial charge is 0.490 e. The second kappa shape index (κ2) is 6.68. The Morgan fingerprint density at radius 1 is 1.48 bits per heavy atom. The zero-order chi connectivity index (χ0) is 16.2. The van der Waals surface area contributed by atoms with Gasteiger partial charge in [-0.05, 0) is 19.1 Å². The molecule has 0 aliphatic rings. The van der Waals surface area contributed by atoms with Crippen LogP contribution in [0.4, 0.5) is 5.69 Å². The summed E-state index contributed by atoms with van der Waals surface area (Å²) in [6.07, 6.45) is 0. The fourth-order valence-electron chi connectivity index (χ4n) is 1.79. The van der Waals surface area contributed by atoms with Crippen LogP contribution in [0.3, 0.4) is 0 Å². The van der Waals surface area contributed by atoms with E-state index in [0.717, 1.165) is 6.07 Å². The summed E-state index contributed by atoms with van der Waals surface area (Å²) in [6, 6.07) is 3.58. The number of benzene rings is 1. The topological polar surface area (TPSA) is 89.8 Å². The van der Waals surface area contributed by atoms with Crippen LogP contribution in [0.15, 0.2) is 35.2 Å². The monoisotopic (exact) mass is 314 g/mol. The molecule has 0 aliphatic carbocycles. The molecule has 116 valence electrons. The highest BCUT2D eigenvalue weighted by Crippen LogP contribution is 2.30. The number of nitrogens with zero attached hydrogens (tertiary/aromatic N) is 2. The molecule has 0 aromatic heterocycles. The van der Waals surface area contributed by atoms with Crippen LogP contribution in [-0.2, 0) is 10.0 Å². The molecule has 1 rings (SSSR count). The summed E-state index contributed by atoms with van der Waals surface area (Å²) in [7, 11) is -2.53. The molecule has 0 radical (unpaired) electrons. The Bertz CT molecular complexity index is 655. The minimum absolute atomic E-state index is 0.0156. The summed E-state index contributed by atoms with van der Waals surface area (Å²) in [5.74, 6) is 0.0156. The highest BCUT2D eigenvalue weighted by molar-refractivity contribution is 7.89. The molecule has 1 aromatic carbocycles. The fraction of sp³-hybridized carbons (Fsp3) is 0.385. The van der Waals surface area contributed by atoms with Crippen molar-refractivity contribution in [2.24, 2.45) is 0 Å². The van der Waals surface area contributed by atoms with Gasteiger partial charge in [0.2, 0.25) is 10.0 Å². The maximum absolute atomic E-state index is 12.5. The molecule has 0 heterocycles. The maximum Gasteiger partial charge on any atom is 0.312 e. The van der Waals surface area contributed by atoms with Crippen molar-refractivity contribution in [2.45, 2.75) is 18.7 Å². The van der Waals surface area contributed by atoms with Crippen molar-refractivity contribution in [1.29, 1.82) is 0 Å². The van der Waals surface area contributed by atoms with Crippen LogP contribution in [0.25, 0.3) is 0 Å². The van der Waals surface area contributed by atoms with E-state index in [4.69, 9.17) is 4.74 Å². The summed E-state index contributed by atoms with van der Waals surface area (Å²) < 4.78 is 31.1. The lowest BCUT2D eigenvalue weighted by Gasteiger charge is -2.20. The minimum Gasteiger partial charge on any atom is -0.490 e. The van der Waals surface area contributed by atoms with E-state index < -0.39 is 14.9 Å². The summed E-state index contributed by atoms with van der Waals surface area (Å²) in [4.78, 5) is 10.2. The minimum atomic E-state index is -3.81. The van der Waals surface area contributed by atoms with Crippen LogP contribution in [0.1, 0.15) is 13.8 Å². The first kappa shape index (κ1) is 17.1. The van der Waals surface area contributed by atoms with Gasteiger partial charge in [-0.3, -0.25) is 10.1 Å². The van der Waals surface area contributed by atoms with Gasteiger partial charge >= 0.3 is 5.69 Å². The first-order valence-corrected chi connectivity index (χ1v) is 7.65. The summed E-state index contributed by atoms with van der Waals surface area (Å²) in [5.41, 5.74) is 0.299. The molecule has 0 saturated heterocycles. The molecule has 8 heteroatoms. The number of nitro benzene ring substituents is 1. The van der Waals surface area contributed by atoms with Crippen molar-refractivity contribution in [3.63, 3.8) is 0 Å². The van der Waals surface area contributed by atoms with Crippen molar-refractivity contribution in [2.75, 3.05) is 20.2 Å². The van der Waals surface area contributed by atoms with Crippen LogP contribution in [0.5, 0.6) is 5.75 Å². The second-order valence-electron chi connectivity index (χ2n) is 4.48. The number of rotatable bonds is 7. The molecule has 0 N–H and O–H groups in total. The maximum atomic E-state index is 12.5. The lowest BCUT2D eigenvalue weighted by Crippen LogP contribution is -2.32. The fourth-order valence-corrected chi connectivity index (χ4v) is 3.32. The number of likely N-dealkylation sites (N-methyl/N-ethyl adjacent to an activating group) is 1. The van der Waals surface area contributed by atoms with Gasteiger partial charge in [-0.2, -0.15) is 4.31 Å². The van der Waals surface area contributed by atoms with Crippen LogP contribution in [0.2, 0.25) is 0 Å². The molecule has 1 aromatic rings. The van der Waals surface area contributed by atoms with E-state index in [1.165, 1.54) is 23.5 Å². The number of hydrogen-bond donors (Lipinski definition) is 0. The van der Waals surface area contributed by atoms with Crippen molar-refractivity contribution in [1.82, 2.24) is 4.31 Å². The first-order valence-electron chi connectivity index (χ1n) is 6.21.